The third-order valence-corrected chi connectivity index (χ3v) is 5.98. The van der Waals surface area contributed by atoms with Gasteiger partial charge in [-0.3, -0.25) is 5.10 Å². The standard InChI is InChI=1S/C22H18Br2N4O3/c1-3-30-20-14(8-12(23)9-16(20)24)17-15(10-25)21(26)31-22-18(17)19(27-28-22)11-5-4-6-13(7-11)29-2/h4-9,17H,3,26H2,1-2H3,(H,27,28). The Hall–Kier alpha value is -2.96. The van der Waals surface area contributed by atoms with Crippen LogP contribution in [0.25, 0.3) is 11.3 Å². The number of hydrogen-bond donors (Lipinski definition) is 2. The summed E-state index contributed by atoms with van der Waals surface area (Å²) < 4.78 is 18.6. The van der Waals surface area contributed by atoms with Crippen LogP contribution in [0.4, 0.5) is 0 Å². The summed E-state index contributed by atoms with van der Waals surface area (Å²) in [5.41, 5.74) is 9.41. The normalized spacial score (nSPS) is 15.1. The SMILES string of the molecule is CCOc1c(Br)cc(Br)cc1C1C(C#N)=C(N)Oc2n[nH]c(-c3cccc(OC)c3)c21. The number of H-pyrrole nitrogens is 1. The Bertz CT molecular complexity index is 1230. The summed E-state index contributed by atoms with van der Waals surface area (Å²) in [5.74, 6) is 1.11. The third-order valence-electron chi connectivity index (χ3n) is 4.93. The maximum atomic E-state index is 9.98. The van der Waals surface area contributed by atoms with Crippen molar-refractivity contribution in [1.29, 1.82) is 5.26 Å². The number of nitrogens with two attached hydrogens (primary N) is 1. The lowest BCUT2D eigenvalue weighted by atomic mass is 9.82. The molecule has 0 fully saturated rings. The molecule has 1 atom stereocenters. The number of benzene rings is 2. The number of aromatic amines is 1. The van der Waals surface area contributed by atoms with Crippen molar-refractivity contribution in [3.63, 3.8) is 0 Å². The summed E-state index contributed by atoms with van der Waals surface area (Å²) in [5, 5.41) is 17.3. The average molecular weight is 546 g/mol. The predicted octanol–water partition coefficient (Wildman–Crippen LogP) is 5.23. The topological polar surface area (TPSA) is 106 Å². The molecule has 31 heavy (non-hydrogen) atoms. The van der Waals surface area contributed by atoms with Gasteiger partial charge in [-0.1, -0.05) is 28.1 Å². The predicted molar refractivity (Wildman–Crippen MR) is 123 cm³/mol. The molecule has 158 valence electrons. The van der Waals surface area contributed by atoms with E-state index in [-0.39, 0.29) is 11.5 Å². The van der Waals surface area contributed by atoms with Crippen LogP contribution in [0.3, 0.4) is 0 Å². The van der Waals surface area contributed by atoms with Gasteiger partial charge in [0.05, 0.1) is 35.4 Å². The van der Waals surface area contributed by atoms with Crippen LogP contribution in [-0.2, 0) is 0 Å². The average Bonchev–Trinajstić information content (AvgIpc) is 3.18. The first-order chi connectivity index (χ1) is 15.0. The van der Waals surface area contributed by atoms with E-state index in [1.807, 2.05) is 43.3 Å². The molecule has 7 nitrogen and oxygen atoms in total. The number of nitrogens with one attached hydrogen (secondary N) is 1. The highest BCUT2D eigenvalue weighted by Gasteiger charge is 2.37. The quantitative estimate of drug-likeness (QED) is 0.455. The summed E-state index contributed by atoms with van der Waals surface area (Å²) in [6.45, 7) is 2.36. The van der Waals surface area contributed by atoms with Crippen molar-refractivity contribution in [2.24, 2.45) is 5.73 Å². The highest BCUT2D eigenvalue weighted by molar-refractivity contribution is 9.11. The van der Waals surface area contributed by atoms with Gasteiger partial charge in [0.15, 0.2) is 0 Å². The number of fused-ring (bicyclic) bond motifs is 1. The van der Waals surface area contributed by atoms with E-state index in [2.05, 4.69) is 48.1 Å². The second kappa shape index (κ2) is 8.65. The monoisotopic (exact) mass is 544 g/mol. The number of methoxy groups -OCH3 is 1. The van der Waals surface area contributed by atoms with Gasteiger partial charge in [-0.15, -0.1) is 5.10 Å². The van der Waals surface area contributed by atoms with Gasteiger partial charge < -0.3 is 19.9 Å². The summed E-state index contributed by atoms with van der Waals surface area (Å²) in [6, 6.07) is 13.6. The van der Waals surface area contributed by atoms with Crippen LogP contribution in [0.1, 0.15) is 24.0 Å². The molecule has 0 saturated heterocycles. The van der Waals surface area contributed by atoms with Gasteiger partial charge in [0.25, 0.3) is 0 Å². The van der Waals surface area contributed by atoms with Crippen molar-refractivity contribution >= 4 is 31.9 Å². The number of rotatable bonds is 5. The van der Waals surface area contributed by atoms with Crippen LogP contribution < -0.4 is 19.9 Å². The van der Waals surface area contributed by atoms with Gasteiger partial charge in [0.2, 0.25) is 11.8 Å². The van der Waals surface area contributed by atoms with E-state index in [1.54, 1.807) is 7.11 Å². The van der Waals surface area contributed by atoms with Gasteiger partial charge in [-0.05, 0) is 47.1 Å². The molecule has 1 unspecified atom stereocenters. The van der Waals surface area contributed by atoms with E-state index >= 15 is 0 Å². The number of halogens is 2. The minimum atomic E-state index is -0.552. The molecule has 2 heterocycles. The number of ether oxygens (including phenoxy) is 3. The molecule has 0 radical (unpaired) electrons. The second-order valence-corrected chi connectivity index (χ2v) is 8.48. The molecule has 0 saturated carbocycles. The molecule has 1 aliphatic rings. The lowest BCUT2D eigenvalue weighted by Gasteiger charge is -2.26. The zero-order valence-corrected chi connectivity index (χ0v) is 19.9. The summed E-state index contributed by atoms with van der Waals surface area (Å²) in [4.78, 5) is 0. The Kier molecular flexibility index (Phi) is 5.94. The van der Waals surface area contributed by atoms with Crippen molar-refractivity contribution in [3.8, 4) is 34.7 Å². The van der Waals surface area contributed by atoms with Gasteiger partial charge in [-0.2, -0.15) is 5.26 Å². The first kappa shape index (κ1) is 21.3. The van der Waals surface area contributed by atoms with Gasteiger partial charge >= 0.3 is 0 Å². The van der Waals surface area contributed by atoms with E-state index in [1.165, 1.54) is 0 Å². The number of allylic oxidation sites excluding steroid dienone is 1. The Morgan fingerprint density at radius 3 is 2.81 bits per heavy atom. The second-order valence-electron chi connectivity index (χ2n) is 6.71. The van der Waals surface area contributed by atoms with Crippen LogP contribution in [0.15, 0.2) is 56.8 Å². The minimum absolute atomic E-state index is 0.0160. The Labute approximate surface area is 196 Å². The van der Waals surface area contributed by atoms with Crippen LogP contribution in [-0.4, -0.2) is 23.9 Å². The smallest absolute Gasteiger partial charge is 0.244 e. The number of hydrogen-bond acceptors (Lipinski definition) is 6. The van der Waals surface area contributed by atoms with Gasteiger partial charge in [-0.25, -0.2) is 0 Å². The fraction of sp³-hybridized carbons (Fsp3) is 0.182. The van der Waals surface area contributed by atoms with Crippen LogP contribution >= 0.6 is 31.9 Å². The number of aromatic nitrogens is 2. The number of nitriles is 1. The molecule has 1 aliphatic heterocycles. The first-order valence-electron chi connectivity index (χ1n) is 9.40. The Morgan fingerprint density at radius 2 is 2.10 bits per heavy atom. The molecule has 2 aromatic carbocycles. The molecule has 0 aliphatic carbocycles. The van der Waals surface area contributed by atoms with Crippen molar-refractivity contribution in [1.82, 2.24) is 10.2 Å². The molecule has 4 rings (SSSR count). The Balaban J connectivity index is 2.00. The van der Waals surface area contributed by atoms with Crippen molar-refractivity contribution in [2.75, 3.05) is 13.7 Å². The lowest BCUT2D eigenvalue weighted by molar-refractivity contribution is 0.332. The van der Waals surface area contributed by atoms with E-state index in [0.717, 1.165) is 20.1 Å². The van der Waals surface area contributed by atoms with Gasteiger partial charge in [0.1, 0.15) is 23.1 Å². The van der Waals surface area contributed by atoms with Gasteiger partial charge in [0, 0.05) is 15.6 Å². The van der Waals surface area contributed by atoms with E-state index in [9.17, 15) is 5.26 Å². The molecular weight excluding hydrogens is 528 g/mol. The fourth-order valence-electron chi connectivity index (χ4n) is 3.65. The minimum Gasteiger partial charge on any atom is -0.497 e. The molecule has 3 aromatic rings. The maximum absolute atomic E-state index is 9.98. The molecule has 0 bridgehead atoms. The molecule has 0 amide bonds. The largest absolute Gasteiger partial charge is 0.497 e. The van der Waals surface area contributed by atoms with Crippen LogP contribution in [0.5, 0.6) is 17.4 Å². The summed E-state index contributed by atoms with van der Waals surface area (Å²) in [6.07, 6.45) is 0. The zero-order valence-electron chi connectivity index (χ0n) is 16.7. The molecule has 9 heteroatoms. The zero-order chi connectivity index (χ0) is 22.1. The van der Waals surface area contributed by atoms with E-state index in [4.69, 9.17) is 19.9 Å². The molecule has 3 N–H and O–H groups in total. The van der Waals surface area contributed by atoms with E-state index < -0.39 is 5.92 Å². The number of nitrogens with zero attached hydrogens (tertiary/aromatic N) is 2. The molecule has 1 aromatic heterocycles. The molecular formula is C22H18Br2N4O3. The van der Waals surface area contributed by atoms with E-state index in [0.29, 0.717) is 35.2 Å². The first-order valence-corrected chi connectivity index (χ1v) is 11.0. The Morgan fingerprint density at radius 1 is 1.29 bits per heavy atom. The van der Waals surface area contributed by atoms with Crippen LogP contribution in [0.2, 0.25) is 0 Å². The van der Waals surface area contributed by atoms with Crippen molar-refractivity contribution in [2.45, 2.75) is 12.8 Å². The van der Waals surface area contributed by atoms with Crippen molar-refractivity contribution in [3.05, 3.63) is 67.9 Å². The van der Waals surface area contributed by atoms with Crippen molar-refractivity contribution < 1.29 is 14.2 Å². The highest BCUT2D eigenvalue weighted by atomic mass is 79.9. The third kappa shape index (κ3) is 3.77. The summed E-state index contributed by atoms with van der Waals surface area (Å²) in [7, 11) is 1.61. The molecule has 0 spiro atoms. The van der Waals surface area contributed by atoms with Crippen LogP contribution in [0, 0.1) is 11.3 Å². The fourth-order valence-corrected chi connectivity index (χ4v) is 5.02. The lowest BCUT2D eigenvalue weighted by Crippen LogP contribution is -2.21. The summed E-state index contributed by atoms with van der Waals surface area (Å²) >= 11 is 7.13. The highest BCUT2D eigenvalue weighted by Crippen LogP contribution is 2.50. The maximum Gasteiger partial charge on any atom is 0.244 e.